The van der Waals surface area contributed by atoms with E-state index in [2.05, 4.69) is 6.92 Å². The maximum atomic E-state index is 11.1. The molecule has 1 atom stereocenters. The molecule has 1 rings (SSSR count). The molecule has 0 aliphatic carbocycles. The molecule has 0 radical (unpaired) electrons. The summed E-state index contributed by atoms with van der Waals surface area (Å²) in [7, 11) is 0. The summed E-state index contributed by atoms with van der Waals surface area (Å²) in [6.07, 6.45) is 2.45. The molecule has 0 saturated carbocycles. The Bertz CT molecular complexity index is 311. The smallest absolute Gasteiger partial charge is 0.404 e. The molecule has 1 saturated heterocycles. The van der Waals surface area contributed by atoms with E-state index >= 15 is 0 Å². The van der Waals surface area contributed by atoms with Crippen molar-refractivity contribution in [3.8, 4) is 0 Å². The predicted octanol–water partition coefficient (Wildman–Crippen LogP) is 2.91. The third kappa shape index (κ3) is 3.83. The number of amides is 1. The van der Waals surface area contributed by atoms with Crippen LogP contribution < -0.4 is 5.73 Å². The molecule has 0 aromatic carbocycles. The van der Waals surface area contributed by atoms with Gasteiger partial charge in [0.1, 0.15) is 6.10 Å². The maximum absolute atomic E-state index is 11.1. The minimum absolute atomic E-state index is 0.158. The van der Waals surface area contributed by atoms with E-state index in [1.807, 2.05) is 27.7 Å². The minimum Gasteiger partial charge on any atom is -0.446 e. The lowest BCUT2D eigenvalue weighted by Crippen LogP contribution is -2.60. The van der Waals surface area contributed by atoms with Crippen molar-refractivity contribution in [2.45, 2.75) is 77.5 Å². The predicted molar refractivity (Wildman–Crippen MR) is 73.9 cm³/mol. The van der Waals surface area contributed by atoms with Crippen LogP contribution >= 0.6 is 0 Å². The molecule has 1 unspecified atom stereocenters. The van der Waals surface area contributed by atoms with Crippen LogP contribution in [-0.4, -0.2) is 33.5 Å². The second kappa shape index (κ2) is 5.67. The Hall–Kier alpha value is -0.810. The van der Waals surface area contributed by atoms with E-state index in [-0.39, 0.29) is 23.1 Å². The van der Waals surface area contributed by atoms with Crippen LogP contribution in [0.1, 0.15) is 60.3 Å². The van der Waals surface area contributed by atoms with Crippen molar-refractivity contribution in [1.82, 2.24) is 5.06 Å². The van der Waals surface area contributed by atoms with Gasteiger partial charge in [0.05, 0.1) is 0 Å². The highest BCUT2D eigenvalue weighted by Gasteiger charge is 2.47. The first-order valence-corrected chi connectivity index (χ1v) is 7.05. The van der Waals surface area contributed by atoms with Crippen molar-refractivity contribution in [2.24, 2.45) is 11.7 Å². The Kier molecular flexibility index (Phi) is 4.85. The lowest BCUT2D eigenvalue weighted by atomic mass is 9.72. The number of nitrogens with zero attached hydrogens (tertiary/aromatic N) is 1. The van der Waals surface area contributed by atoms with E-state index in [9.17, 15) is 10.0 Å². The third-order valence-corrected chi connectivity index (χ3v) is 4.04. The molecule has 19 heavy (non-hydrogen) atoms. The number of hydrogen-bond donors (Lipinski definition) is 2. The molecular weight excluding hydrogens is 244 g/mol. The second-order valence-electron chi connectivity index (χ2n) is 6.87. The van der Waals surface area contributed by atoms with Crippen molar-refractivity contribution >= 4 is 6.09 Å². The Morgan fingerprint density at radius 1 is 1.37 bits per heavy atom. The minimum atomic E-state index is -0.708. The van der Waals surface area contributed by atoms with Crippen LogP contribution in [0.15, 0.2) is 0 Å². The van der Waals surface area contributed by atoms with Crippen LogP contribution in [0.2, 0.25) is 0 Å². The van der Waals surface area contributed by atoms with Crippen molar-refractivity contribution < 1.29 is 14.7 Å². The third-order valence-electron chi connectivity index (χ3n) is 4.04. The van der Waals surface area contributed by atoms with Gasteiger partial charge in [-0.1, -0.05) is 13.3 Å². The Morgan fingerprint density at radius 3 is 2.21 bits per heavy atom. The zero-order valence-electron chi connectivity index (χ0n) is 12.8. The number of piperidine rings is 1. The summed E-state index contributed by atoms with van der Waals surface area (Å²) in [5.74, 6) is 0.223. The van der Waals surface area contributed by atoms with Gasteiger partial charge >= 0.3 is 6.09 Å². The standard InChI is InChI=1S/C14H28N2O3/c1-6-7-11(19-12(15)17)10-8-13(2,3)16(18)14(4,5)9-10/h10-11,18H,6-9H2,1-5H3,(H2,15,17). The molecule has 1 amide bonds. The van der Waals surface area contributed by atoms with Gasteiger partial charge in [0.15, 0.2) is 0 Å². The monoisotopic (exact) mass is 272 g/mol. The highest BCUT2D eigenvalue weighted by molar-refractivity contribution is 5.64. The van der Waals surface area contributed by atoms with Crippen molar-refractivity contribution in [3.63, 3.8) is 0 Å². The van der Waals surface area contributed by atoms with Crippen molar-refractivity contribution in [2.75, 3.05) is 0 Å². The molecule has 1 fully saturated rings. The van der Waals surface area contributed by atoms with Crippen LogP contribution in [-0.2, 0) is 4.74 Å². The number of nitrogens with two attached hydrogens (primary N) is 1. The van der Waals surface area contributed by atoms with Crippen molar-refractivity contribution in [1.29, 1.82) is 0 Å². The number of rotatable bonds is 4. The number of ether oxygens (including phenoxy) is 1. The lowest BCUT2D eigenvalue weighted by Gasteiger charge is -2.52. The van der Waals surface area contributed by atoms with Gasteiger partial charge in [0.2, 0.25) is 0 Å². The molecule has 0 aromatic rings. The fraction of sp³-hybridized carbons (Fsp3) is 0.929. The molecular formula is C14H28N2O3. The maximum Gasteiger partial charge on any atom is 0.404 e. The highest BCUT2D eigenvalue weighted by Crippen LogP contribution is 2.42. The fourth-order valence-electron chi connectivity index (χ4n) is 3.44. The average molecular weight is 272 g/mol. The van der Waals surface area contributed by atoms with Crippen molar-refractivity contribution in [3.05, 3.63) is 0 Å². The number of primary amides is 1. The lowest BCUT2D eigenvalue weighted by molar-refractivity contribution is -0.256. The summed E-state index contributed by atoms with van der Waals surface area (Å²) in [6, 6.07) is 0. The summed E-state index contributed by atoms with van der Waals surface area (Å²) in [4.78, 5) is 11.1. The molecule has 3 N–H and O–H groups in total. The fourth-order valence-corrected chi connectivity index (χ4v) is 3.44. The van der Waals surface area contributed by atoms with Gasteiger partial charge in [-0.3, -0.25) is 0 Å². The second-order valence-corrected chi connectivity index (χ2v) is 6.87. The topological polar surface area (TPSA) is 75.8 Å². The van der Waals surface area contributed by atoms with E-state index in [1.165, 1.54) is 5.06 Å². The van der Waals surface area contributed by atoms with Crippen LogP contribution in [0, 0.1) is 5.92 Å². The summed E-state index contributed by atoms with van der Waals surface area (Å²) < 4.78 is 5.29. The average Bonchev–Trinajstić information content (AvgIpc) is 2.23. The molecule has 5 nitrogen and oxygen atoms in total. The molecule has 0 spiro atoms. The molecule has 5 heteroatoms. The Morgan fingerprint density at radius 2 is 1.84 bits per heavy atom. The molecule has 1 aliphatic heterocycles. The first kappa shape index (κ1) is 16.2. The Balaban J connectivity index is 2.89. The van der Waals surface area contributed by atoms with Gasteiger partial charge < -0.3 is 15.7 Å². The van der Waals surface area contributed by atoms with Gasteiger partial charge in [-0.15, -0.1) is 0 Å². The molecule has 1 aliphatic rings. The van der Waals surface area contributed by atoms with Crippen LogP contribution in [0.5, 0.6) is 0 Å². The van der Waals surface area contributed by atoms with Gasteiger partial charge in [0, 0.05) is 11.1 Å². The van der Waals surface area contributed by atoms with Gasteiger partial charge in [-0.2, -0.15) is 5.06 Å². The Labute approximate surface area is 116 Å². The molecule has 1 heterocycles. The summed E-state index contributed by atoms with van der Waals surface area (Å²) in [5, 5.41) is 11.7. The first-order chi connectivity index (χ1) is 8.60. The van der Waals surface area contributed by atoms with Gasteiger partial charge in [-0.25, -0.2) is 4.79 Å². The van der Waals surface area contributed by atoms with E-state index in [4.69, 9.17) is 10.5 Å². The van der Waals surface area contributed by atoms with E-state index in [1.54, 1.807) is 0 Å². The number of carbonyl (C=O) groups is 1. The summed E-state index contributed by atoms with van der Waals surface area (Å²) >= 11 is 0. The van der Waals surface area contributed by atoms with E-state index < -0.39 is 6.09 Å². The summed E-state index contributed by atoms with van der Waals surface area (Å²) in [6.45, 7) is 10.1. The first-order valence-electron chi connectivity index (χ1n) is 7.05. The van der Waals surface area contributed by atoms with Crippen LogP contribution in [0.25, 0.3) is 0 Å². The molecule has 0 aromatic heterocycles. The van der Waals surface area contributed by atoms with E-state index in [0.717, 1.165) is 25.7 Å². The number of carbonyl (C=O) groups excluding carboxylic acids is 1. The molecule has 112 valence electrons. The SMILES string of the molecule is CCCC(OC(N)=O)C1CC(C)(C)N(O)C(C)(C)C1. The quantitative estimate of drug-likeness (QED) is 0.825. The van der Waals surface area contributed by atoms with Crippen LogP contribution in [0.3, 0.4) is 0 Å². The largest absolute Gasteiger partial charge is 0.446 e. The van der Waals surface area contributed by atoms with Crippen LogP contribution in [0.4, 0.5) is 4.79 Å². The normalized spacial score (nSPS) is 24.9. The summed E-state index contributed by atoms with van der Waals surface area (Å²) in [5.41, 5.74) is 4.50. The number of hydrogen-bond acceptors (Lipinski definition) is 4. The highest BCUT2D eigenvalue weighted by atomic mass is 16.6. The molecule has 0 bridgehead atoms. The van der Waals surface area contributed by atoms with Gasteiger partial charge in [0.25, 0.3) is 0 Å². The van der Waals surface area contributed by atoms with E-state index in [0.29, 0.717) is 0 Å². The zero-order chi connectivity index (χ0) is 14.8. The zero-order valence-corrected chi connectivity index (χ0v) is 12.8. The number of hydroxylamine groups is 2. The van der Waals surface area contributed by atoms with Gasteiger partial charge in [-0.05, 0) is 52.9 Å².